The largest absolute Gasteiger partial charge is 0.497 e. The Morgan fingerprint density at radius 1 is 1.24 bits per heavy atom. The summed E-state index contributed by atoms with van der Waals surface area (Å²) >= 11 is 7.40. The molecule has 0 aliphatic carbocycles. The number of methoxy groups -OCH3 is 1. The van der Waals surface area contributed by atoms with Gasteiger partial charge in [-0.1, -0.05) is 6.07 Å². The molecule has 0 saturated carbocycles. The summed E-state index contributed by atoms with van der Waals surface area (Å²) in [4.78, 5) is 3.83. The number of aromatic nitrogens is 4. The lowest BCUT2D eigenvalue weighted by molar-refractivity contribution is 0.190. The minimum Gasteiger partial charge on any atom is -0.497 e. The number of hydrogen-bond acceptors (Lipinski definition) is 6. The number of benzene rings is 1. The van der Waals surface area contributed by atoms with Crippen molar-refractivity contribution < 1.29 is 4.74 Å². The molecule has 0 bridgehead atoms. The Kier molecular flexibility index (Phi) is 4.65. The van der Waals surface area contributed by atoms with Gasteiger partial charge < -0.3 is 4.74 Å². The molecule has 3 heterocycles. The molecule has 1 atom stereocenters. The Hall–Kier alpha value is -2.03. The quantitative estimate of drug-likeness (QED) is 0.639. The molecule has 1 aromatic carbocycles. The second kappa shape index (κ2) is 7.07. The minimum absolute atomic E-state index is 0.452. The van der Waals surface area contributed by atoms with E-state index in [2.05, 4.69) is 32.8 Å². The van der Waals surface area contributed by atoms with Gasteiger partial charge in [0.1, 0.15) is 5.75 Å². The van der Waals surface area contributed by atoms with E-state index in [0.29, 0.717) is 17.5 Å². The normalized spacial score (nSPS) is 17.9. The SMILES string of the molecule is COc1ccc(-n2nnn(CN3CCC[C@H]3c3cccs3)c2=S)cc1. The number of tetrazole rings is 1. The molecule has 0 radical (unpaired) electrons. The molecule has 3 aromatic rings. The summed E-state index contributed by atoms with van der Waals surface area (Å²) in [5.74, 6) is 0.804. The highest BCUT2D eigenvalue weighted by molar-refractivity contribution is 7.71. The van der Waals surface area contributed by atoms with Gasteiger partial charge >= 0.3 is 0 Å². The molecule has 8 heteroatoms. The van der Waals surface area contributed by atoms with Crippen LogP contribution in [-0.2, 0) is 6.67 Å². The molecule has 0 amide bonds. The van der Waals surface area contributed by atoms with Crippen molar-refractivity contribution in [2.75, 3.05) is 13.7 Å². The molecule has 1 saturated heterocycles. The third-order valence-corrected chi connectivity index (χ3v) is 5.86. The number of ether oxygens (including phenoxy) is 1. The summed E-state index contributed by atoms with van der Waals surface area (Å²) in [6.45, 7) is 1.72. The Morgan fingerprint density at radius 3 is 2.80 bits per heavy atom. The summed E-state index contributed by atoms with van der Waals surface area (Å²) in [6, 6.07) is 12.4. The van der Waals surface area contributed by atoms with Gasteiger partial charge in [-0.05, 0) is 71.2 Å². The molecule has 130 valence electrons. The highest BCUT2D eigenvalue weighted by Crippen LogP contribution is 2.34. The first-order chi connectivity index (χ1) is 12.3. The molecule has 6 nitrogen and oxygen atoms in total. The first-order valence-corrected chi connectivity index (χ1v) is 9.50. The standard InChI is InChI=1S/C17H19N5OS2/c1-23-14-8-6-13(7-9-14)22-17(24)21(18-19-22)12-20-10-2-4-15(20)16-5-3-11-25-16/h3,5-9,11,15H,2,4,10,12H2,1H3/t15-/m0/s1. The first kappa shape index (κ1) is 16.4. The van der Waals surface area contributed by atoms with Crippen LogP contribution in [0.2, 0.25) is 0 Å². The van der Waals surface area contributed by atoms with Gasteiger partial charge in [0.15, 0.2) is 0 Å². The lowest BCUT2D eigenvalue weighted by Crippen LogP contribution is -2.26. The van der Waals surface area contributed by atoms with Gasteiger partial charge in [-0.25, -0.2) is 4.68 Å². The van der Waals surface area contributed by atoms with Crippen molar-refractivity contribution >= 4 is 23.6 Å². The van der Waals surface area contributed by atoms with Crippen LogP contribution in [0.5, 0.6) is 5.75 Å². The van der Waals surface area contributed by atoms with Crippen LogP contribution in [0.25, 0.3) is 5.69 Å². The molecule has 0 N–H and O–H groups in total. The Labute approximate surface area is 155 Å². The topological polar surface area (TPSA) is 48.1 Å². The van der Waals surface area contributed by atoms with Crippen molar-refractivity contribution in [3.63, 3.8) is 0 Å². The van der Waals surface area contributed by atoms with Crippen LogP contribution in [0.15, 0.2) is 41.8 Å². The van der Waals surface area contributed by atoms with Gasteiger partial charge in [0.2, 0.25) is 4.77 Å². The maximum absolute atomic E-state index is 5.59. The van der Waals surface area contributed by atoms with Crippen LogP contribution >= 0.6 is 23.6 Å². The van der Waals surface area contributed by atoms with Crippen molar-refractivity contribution in [3.8, 4) is 11.4 Å². The molecule has 0 unspecified atom stereocenters. The van der Waals surface area contributed by atoms with Gasteiger partial charge in [0.25, 0.3) is 0 Å². The second-order valence-corrected chi connectivity index (χ2v) is 7.34. The summed E-state index contributed by atoms with van der Waals surface area (Å²) in [5.41, 5.74) is 0.883. The maximum atomic E-state index is 5.59. The molecular formula is C17H19N5OS2. The van der Waals surface area contributed by atoms with E-state index in [4.69, 9.17) is 17.0 Å². The van der Waals surface area contributed by atoms with Crippen LogP contribution in [-0.4, -0.2) is 38.3 Å². The smallest absolute Gasteiger partial charge is 0.221 e. The molecule has 4 rings (SSSR count). The number of hydrogen-bond donors (Lipinski definition) is 0. The molecule has 1 fully saturated rings. The Morgan fingerprint density at radius 2 is 2.08 bits per heavy atom. The summed E-state index contributed by atoms with van der Waals surface area (Å²) < 4.78 is 9.28. The molecule has 0 spiro atoms. The van der Waals surface area contributed by atoms with Gasteiger partial charge in [-0.15, -0.1) is 11.3 Å². The molecule has 1 aliphatic heterocycles. The van der Waals surface area contributed by atoms with E-state index in [1.165, 1.54) is 17.7 Å². The highest BCUT2D eigenvalue weighted by Gasteiger charge is 2.27. The monoisotopic (exact) mass is 373 g/mol. The van der Waals surface area contributed by atoms with E-state index in [1.54, 1.807) is 16.5 Å². The molecular weight excluding hydrogens is 354 g/mol. The van der Waals surface area contributed by atoms with Crippen molar-refractivity contribution in [2.45, 2.75) is 25.6 Å². The van der Waals surface area contributed by atoms with Crippen LogP contribution in [0.3, 0.4) is 0 Å². The molecule has 2 aromatic heterocycles. The molecule has 1 aliphatic rings. The predicted molar refractivity (Wildman–Crippen MR) is 99.7 cm³/mol. The van der Waals surface area contributed by atoms with Gasteiger partial charge in [-0.3, -0.25) is 4.90 Å². The third-order valence-electron chi connectivity index (χ3n) is 4.51. The maximum Gasteiger partial charge on any atom is 0.221 e. The number of nitrogens with zero attached hydrogens (tertiary/aromatic N) is 5. The zero-order valence-electron chi connectivity index (χ0n) is 13.9. The van der Waals surface area contributed by atoms with E-state index in [-0.39, 0.29) is 0 Å². The minimum atomic E-state index is 0.452. The van der Waals surface area contributed by atoms with Crippen LogP contribution in [0.4, 0.5) is 0 Å². The highest BCUT2D eigenvalue weighted by atomic mass is 32.1. The lowest BCUT2D eigenvalue weighted by Gasteiger charge is -2.22. The van der Waals surface area contributed by atoms with E-state index >= 15 is 0 Å². The van der Waals surface area contributed by atoms with Crippen molar-refractivity contribution in [1.29, 1.82) is 0 Å². The number of thiophene rings is 1. The first-order valence-electron chi connectivity index (χ1n) is 8.21. The Balaban J connectivity index is 1.55. The van der Waals surface area contributed by atoms with Crippen LogP contribution < -0.4 is 4.74 Å². The van der Waals surface area contributed by atoms with Crippen LogP contribution in [0, 0.1) is 4.77 Å². The zero-order valence-corrected chi connectivity index (χ0v) is 15.5. The fraction of sp³-hybridized carbons (Fsp3) is 0.353. The average Bonchev–Trinajstić information content (AvgIpc) is 3.38. The van der Waals surface area contributed by atoms with Crippen molar-refractivity contribution in [3.05, 3.63) is 51.4 Å². The van der Waals surface area contributed by atoms with Crippen molar-refractivity contribution in [2.24, 2.45) is 0 Å². The summed E-state index contributed by atoms with van der Waals surface area (Å²) in [7, 11) is 1.65. The van der Waals surface area contributed by atoms with Gasteiger partial charge in [0.05, 0.1) is 19.5 Å². The zero-order chi connectivity index (χ0) is 17.2. The van der Waals surface area contributed by atoms with Crippen LogP contribution in [0.1, 0.15) is 23.8 Å². The van der Waals surface area contributed by atoms with E-state index < -0.39 is 0 Å². The fourth-order valence-electron chi connectivity index (χ4n) is 3.22. The van der Waals surface area contributed by atoms with E-state index in [1.807, 2.05) is 35.6 Å². The third kappa shape index (κ3) is 3.24. The second-order valence-electron chi connectivity index (χ2n) is 6.00. The summed E-state index contributed by atoms with van der Waals surface area (Å²) in [6.07, 6.45) is 2.38. The van der Waals surface area contributed by atoms with E-state index in [0.717, 1.165) is 18.0 Å². The average molecular weight is 374 g/mol. The van der Waals surface area contributed by atoms with E-state index in [9.17, 15) is 0 Å². The van der Waals surface area contributed by atoms with Crippen molar-refractivity contribution in [1.82, 2.24) is 24.7 Å². The predicted octanol–water partition coefficient (Wildman–Crippen LogP) is 3.66. The fourth-order valence-corrected chi connectivity index (χ4v) is 4.35. The summed E-state index contributed by atoms with van der Waals surface area (Å²) in [5, 5.41) is 10.6. The number of likely N-dealkylation sites (tertiary alicyclic amines) is 1. The molecule has 25 heavy (non-hydrogen) atoms. The number of rotatable bonds is 5. The lowest BCUT2D eigenvalue weighted by atomic mass is 10.2. The van der Waals surface area contributed by atoms with Gasteiger partial charge in [0, 0.05) is 17.5 Å². The van der Waals surface area contributed by atoms with Gasteiger partial charge in [-0.2, -0.15) is 4.68 Å². The Bertz CT molecular complexity index is 885.